The van der Waals surface area contributed by atoms with Gasteiger partial charge in [0.05, 0.1) is 6.33 Å². The van der Waals surface area contributed by atoms with E-state index in [-0.39, 0.29) is 17.1 Å². The van der Waals surface area contributed by atoms with Crippen LogP contribution in [0.1, 0.15) is 58.3 Å². The first-order valence-electron chi connectivity index (χ1n) is 9.16. The lowest BCUT2D eigenvalue weighted by Gasteiger charge is -2.53. The summed E-state index contributed by atoms with van der Waals surface area (Å²) in [6.45, 7) is 2.10. The molecule has 0 bridgehead atoms. The van der Waals surface area contributed by atoms with Crippen LogP contribution >= 0.6 is 0 Å². The first kappa shape index (κ1) is 15.3. The van der Waals surface area contributed by atoms with Crippen molar-refractivity contribution in [3.05, 3.63) is 23.6 Å². The van der Waals surface area contributed by atoms with Crippen LogP contribution in [0, 0.1) is 29.1 Å². The molecule has 0 saturated heterocycles. The molecule has 0 spiro atoms. The molecule has 0 aromatic carbocycles. The summed E-state index contributed by atoms with van der Waals surface area (Å²) >= 11 is 0. The average molecular weight is 316 g/mol. The lowest BCUT2D eigenvalue weighted by atomic mass is 9.50. The van der Waals surface area contributed by atoms with Crippen molar-refractivity contribution in [1.82, 2.24) is 0 Å². The maximum atomic E-state index is 13.8. The summed E-state index contributed by atoms with van der Waals surface area (Å²) in [6, 6.07) is 0. The monoisotopic (exact) mass is 316 g/mol. The van der Waals surface area contributed by atoms with Crippen LogP contribution in [0.5, 0.6) is 0 Å². The number of fused-ring (bicyclic) bond motifs is 5. The van der Waals surface area contributed by atoms with E-state index in [9.17, 15) is 14.0 Å². The van der Waals surface area contributed by atoms with Crippen LogP contribution in [0.25, 0.3) is 0 Å². The number of hydrogen-bond donors (Lipinski definition) is 0. The van der Waals surface area contributed by atoms with Gasteiger partial charge in [-0.25, -0.2) is 4.39 Å². The van der Waals surface area contributed by atoms with Gasteiger partial charge >= 0.3 is 0 Å². The molecule has 4 aliphatic rings. The van der Waals surface area contributed by atoms with Gasteiger partial charge in [0, 0.05) is 18.3 Å². The highest BCUT2D eigenvalue weighted by molar-refractivity contribution is 5.91. The number of allylic oxidation sites excluding steroid dienone is 2. The summed E-state index contributed by atoms with van der Waals surface area (Å²) in [5, 5.41) is 0. The Hall–Kier alpha value is -1.25. The molecule has 0 radical (unpaired) electrons. The fourth-order valence-corrected chi connectivity index (χ4v) is 6.38. The number of halogens is 1. The van der Waals surface area contributed by atoms with E-state index in [4.69, 9.17) is 0 Å². The Bertz CT molecular complexity index is 617. The van der Waals surface area contributed by atoms with E-state index >= 15 is 0 Å². The van der Waals surface area contributed by atoms with E-state index in [0.29, 0.717) is 42.8 Å². The molecule has 2 nitrogen and oxygen atoms in total. The molecule has 0 heterocycles. The quantitative estimate of drug-likeness (QED) is 0.711. The van der Waals surface area contributed by atoms with Crippen LogP contribution < -0.4 is 0 Å². The molecule has 4 aliphatic carbocycles. The van der Waals surface area contributed by atoms with Gasteiger partial charge in [-0.05, 0) is 73.8 Å². The Morgan fingerprint density at radius 3 is 2.78 bits per heavy atom. The van der Waals surface area contributed by atoms with Crippen molar-refractivity contribution < 1.29 is 14.0 Å². The number of ketones is 2. The van der Waals surface area contributed by atoms with Gasteiger partial charge in [-0.3, -0.25) is 9.59 Å². The standard InChI is InChI=1S/C20H25FO2/c1-2-20-10-13(11-21)19-15-6-4-14(22)9-12(15)3-5-16(19)17(20)7-8-18(20)23/h9,11,15-17,19H,2-8,10H2,1H3/b13-11+/t15-,16-,17-,19+,20-/m0/s1. The minimum atomic E-state index is -0.301. The molecule has 0 unspecified atom stereocenters. The average Bonchev–Trinajstić information content (AvgIpc) is 2.90. The lowest BCUT2D eigenvalue weighted by Crippen LogP contribution is -2.48. The van der Waals surface area contributed by atoms with Crippen molar-refractivity contribution in [3.8, 4) is 0 Å². The summed E-state index contributed by atoms with van der Waals surface area (Å²) in [7, 11) is 0. The van der Waals surface area contributed by atoms with Gasteiger partial charge in [-0.2, -0.15) is 0 Å². The second kappa shape index (κ2) is 5.39. The van der Waals surface area contributed by atoms with Crippen molar-refractivity contribution in [1.29, 1.82) is 0 Å². The summed E-state index contributed by atoms with van der Waals surface area (Å²) in [5.74, 6) is 2.00. The Morgan fingerprint density at radius 1 is 1.22 bits per heavy atom. The zero-order chi connectivity index (χ0) is 16.2. The first-order chi connectivity index (χ1) is 11.1. The van der Waals surface area contributed by atoms with Gasteiger partial charge in [0.2, 0.25) is 0 Å². The molecular weight excluding hydrogens is 291 g/mol. The number of Topliss-reactive ketones (excluding diaryl/α,β-unsaturated/α-hetero) is 1. The highest BCUT2D eigenvalue weighted by atomic mass is 19.1. The number of rotatable bonds is 1. The van der Waals surface area contributed by atoms with Gasteiger partial charge in [0.1, 0.15) is 5.78 Å². The third-order valence-electron chi connectivity index (χ3n) is 7.37. The fraction of sp³-hybridized carbons (Fsp3) is 0.700. The molecule has 124 valence electrons. The minimum Gasteiger partial charge on any atom is -0.299 e. The van der Waals surface area contributed by atoms with Crippen LogP contribution in [-0.2, 0) is 9.59 Å². The first-order valence-corrected chi connectivity index (χ1v) is 9.16. The molecule has 3 fully saturated rings. The molecule has 3 saturated carbocycles. The van der Waals surface area contributed by atoms with Crippen LogP contribution in [0.4, 0.5) is 4.39 Å². The summed E-state index contributed by atoms with van der Waals surface area (Å²) in [6.07, 6.45) is 9.18. The molecule has 0 aromatic heterocycles. The topological polar surface area (TPSA) is 34.1 Å². The Labute approximate surface area is 137 Å². The maximum Gasteiger partial charge on any atom is 0.155 e. The van der Waals surface area contributed by atoms with E-state index in [1.807, 2.05) is 6.08 Å². The van der Waals surface area contributed by atoms with Crippen LogP contribution in [-0.4, -0.2) is 11.6 Å². The SMILES string of the molecule is CC[C@]12C/C(=C\F)[C@H]3[C@@H](CCC4=CC(=O)CC[C@@H]43)[C@@H]1CCC2=O. The van der Waals surface area contributed by atoms with Gasteiger partial charge in [0.25, 0.3) is 0 Å². The van der Waals surface area contributed by atoms with Crippen molar-refractivity contribution in [2.24, 2.45) is 29.1 Å². The fourth-order valence-electron chi connectivity index (χ4n) is 6.38. The molecule has 4 rings (SSSR count). The van der Waals surface area contributed by atoms with Crippen molar-refractivity contribution in [2.75, 3.05) is 0 Å². The van der Waals surface area contributed by atoms with E-state index < -0.39 is 0 Å². The normalized spacial score (nSPS) is 44.6. The molecule has 5 atom stereocenters. The number of carbonyl (C=O) groups excluding carboxylic acids is 2. The van der Waals surface area contributed by atoms with Crippen LogP contribution in [0.2, 0.25) is 0 Å². The van der Waals surface area contributed by atoms with Crippen LogP contribution in [0.15, 0.2) is 23.6 Å². The van der Waals surface area contributed by atoms with Crippen molar-refractivity contribution in [3.63, 3.8) is 0 Å². The zero-order valence-electron chi connectivity index (χ0n) is 13.8. The summed E-state index contributed by atoms with van der Waals surface area (Å²) in [4.78, 5) is 24.4. The highest BCUT2D eigenvalue weighted by Gasteiger charge is 2.59. The smallest absolute Gasteiger partial charge is 0.155 e. The third kappa shape index (κ3) is 2.04. The zero-order valence-corrected chi connectivity index (χ0v) is 13.8. The van der Waals surface area contributed by atoms with Gasteiger partial charge in [-0.15, -0.1) is 0 Å². The predicted octanol–water partition coefficient (Wildman–Crippen LogP) is 4.55. The number of hydrogen-bond acceptors (Lipinski definition) is 2. The van der Waals surface area contributed by atoms with Crippen molar-refractivity contribution in [2.45, 2.75) is 58.3 Å². The van der Waals surface area contributed by atoms with Crippen molar-refractivity contribution >= 4 is 11.6 Å². The van der Waals surface area contributed by atoms with E-state index in [2.05, 4.69) is 6.92 Å². The van der Waals surface area contributed by atoms with Gasteiger partial charge in [0.15, 0.2) is 5.78 Å². The Morgan fingerprint density at radius 2 is 2.04 bits per heavy atom. The Balaban J connectivity index is 1.76. The molecule has 3 heteroatoms. The molecule has 0 amide bonds. The number of carbonyl (C=O) groups is 2. The van der Waals surface area contributed by atoms with E-state index in [0.717, 1.165) is 44.0 Å². The van der Waals surface area contributed by atoms with Crippen LogP contribution in [0.3, 0.4) is 0 Å². The lowest BCUT2D eigenvalue weighted by molar-refractivity contribution is -0.130. The predicted molar refractivity (Wildman–Crippen MR) is 86.3 cm³/mol. The minimum absolute atomic E-state index is 0.226. The third-order valence-corrected chi connectivity index (χ3v) is 7.37. The molecule has 0 aromatic rings. The second-order valence-electron chi connectivity index (χ2n) is 8.00. The molecule has 0 N–H and O–H groups in total. The molecule has 0 aliphatic heterocycles. The summed E-state index contributed by atoms with van der Waals surface area (Å²) in [5.41, 5.74) is 1.80. The van der Waals surface area contributed by atoms with E-state index in [1.54, 1.807) is 0 Å². The van der Waals surface area contributed by atoms with Gasteiger partial charge in [-0.1, -0.05) is 12.5 Å². The van der Waals surface area contributed by atoms with Gasteiger partial charge < -0.3 is 0 Å². The molecular formula is C20H25FO2. The molecule has 23 heavy (non-hydrogen) atoms. The second-order valence-corrected chi connectivity index (χ2v) is 8.00. The highest BCUT2D eigenvalue weighted by Crippen LogP contribution is 2.63. The Kier molecular flexibility index (Phi) is 3.58. The largest absolute Gasteiger partial charge is 0.299 e. The van der Waals surface area contributed by atoms with E-state index in [1.165, 1.54) is 5.57 Å². The maximum absolute atomic E-state index is 13.8. The summed E-state index contributed by atoms with van der Waals surface area (Å²) < 4.78 is 13.8.